The Balaban J connectivity index is 1.46. The Morgan fingerprint density at radius 2 is 2.03 bits per heavy atom. The maximum atomic E-state index is 13.0. The fourth-order valence-corrected chi connectivity index (χ4v) is 5.25. The highest BCUT2D eigenvalue weighted by molar-refractivity contribution is 7.10. The first-order valence-corrected chi connectivity index (χ1v) is 11.6. The van der Waals surface area contributed by atoms with Crippen molar-refractivity contribution < 1.29 is 15.0 Å². The second-order valence-electron chi connectivity index (χ2n) is 8.05. The number of benzene rings is 1. The summed E-state index contributed by atoms with van der Waals surface area (Å²) in [4.78, 5) is 21.4. The molecule has 1 aliphatic rings. The predicted molar refractivity (Wildman–Crippen MR) is 119 cm³/mol. The van der Waals surface area contributed by atoms with Crippen LogP contribution < -0.4 is 10.2 Å². The van der Waals surface area contributed by atoms with Gasteiger partial charge in [-0.05, 0) is 36.9 Å². The first kappa shape index (κ1) is 20.1. The van der Waals surface area contributed by atoms with Gasteiger partial charge in [0, 0.05) is 22.0 Å². The third-order valence-corrected chi connectivity index (χ3v) is 7.27. The average molecular weight is 413 g/mol. The number of hydrogen-bond acceptors (Lipinski definition) is 2. The molecule has 0 saturated carbocycles. The summed E-state index contributed by atoms with van der Waals surface area (Å²) in [5.41, 5.74) is 2.49. The summed E-state index contributed by atoms with van der Waals surface area (Å²) in [5.74, 6) is 0.562. The lowest BCUT2D eigenvalue weighted by Crippen LogP contribution is -3.14. The molecule has 1 amide bonds. The van der Waals surface area contributed by atoms with Gasteiger partial charge in [0.05, 0.1) is 45.2 Å². The van der Waals surface area contributed by atoms with Crippen molar-refractivity contribution in [3.63, 3.8) is 0 Å². The van der Waals surface area contributed by atoms with E-state index in [2.05, 4.69) is 77.0 Å². The van der Waals surface area contributed by atoms with Crippen LogP contribution >= 0.6 is 11.3 Å². The van der Waals surface area contributed by atoms with Crippen molar-refractivity contribution in [1.82, 2.24) is 9.88 Å². The standard InChI is InChI=1S/C23H30N4OS/c1-3-26-10-12-27(13-11-26)23(28)17(2)24-16-20(22-9-6-14-29-22)19-15-25-21-8-5-4-7-18(19)21/h4-9,14-15,17,20,24-25H,3,10-13,16H2,1-2H3/p+2/t17-,20+/m0/s1. The molecule has 1 fully saturated rings. The van der Waals surface area contributed by atoms with Gasteiger partial charge in [-0.2, -0.15) is 0 Å². The van der Waals surface area contributed by atoms with Crippen LogP contribution in [0.5, 0.6) is 0 Å². The molecule has 4 N–H and O–H groups in total. The summed E-state index contributed by atoms with van der Waals surface area (Å²) in [6.07, 6.45) is 2.14. The van der Waals surface area contributed by atoms with Crippen LogP contribution in [0.3, 0.4) is 0 Å². The summed E-state index contributed by atoms with van der Waals surface area (Å²) in [7, 11) is 0. The minimum absolute atomic E-state index is 0.0501. The molecule has 6 heteroatoms. The van der Waals surface area contributed by atoms with Crippen molar-refractivity contribution in [1.29, 1.82) is 0 Å². The van der Waals surface area contributed by atoms with E-state index in [1.807, 2.05) is 0 Å². The number of aromatic amines is 1. The smallest absolute Gasteiger partial charge is 0.280 e. The Morgan fingerprint density at radius 3 is 2.76 bits per heavy atom. The van der Waals surface area contributed by atoms with Crippen molar-refractivity contribution in [2.24, 2.45) is 0 Å². The minimum Gasteiger partial charge on any atom is -0.361 e. The Labute approximate surface area is 176 Å². The van der Waals surface area contributed by atoms with Gasteiger partial charge >= 0.3 is 0 Å². The largest absolute Gasteiger partial charge is 0.361 e. The molecule has 2 aromatic heterocycles. The highest BCUT2D eigenvalue weighted by atomic mass is 32.1. The lowest BCUT2D eigenvalue weighted by Gasteiger charge is -2.32. The van der Waals surface area contributed by atoms with Crippen LogP contribution in [0, 0.1) is 0 Å². The van der Waals surface area contributed by atoms with Crippen molar-refractivity contribution in [3.8, 4) is 0 Å². The summed E-state index contributed by atoms with van der Waals surface area (Å²) in [6, 6.07) is 12.8. The quantitative estimate of drug-likeness (QED) is 0.534. The van der Waals surface area contributed by atoms with Crippen LogP contribution in [-0.2, 0) is 4.79 Å². The average Bonchev–Trinajstić information content (AvgIpc) is 3.44. The predicted octanol–water partition coefficient (Wildman–Crippen LogP) is 1.06. The van der Waals surface area contributed by atoms with Gasteiger partial charge in [-0.25, -0.2) is 0 Å². The molecule has 0 bridgehead atoms. The molecule has 0 spiro atoms. The molecule has 29 heavy (non-hydrogen) atoms. The van der Waals surface area contributed by atoms with Gasteiger partial charge in [0.2, 0.25) is 0 Å². The van der Waals surface area contributed by atoms with Crippen molar-refractivity contribution >= 4 is 28.1 Å². The minimum atomic E-state index is -0.0501. The van der Waals surface area contributed by atoms with Crippen LogP contribution in [0.1, 0.15) is 30.2 Å². The summed E-state index contributed by atoms with van der Waals surface area (Å²) in [6.45, 7) is 10.2. The highest BCUT2D eigenvalue weighted by Gasteiger charge is 2.29. The van der Waals surface area contributed by atoms with Crippen LogP contribution in [0.4, 0.5) is 0 Å². The second-order valence-corrected chi connectivity index (χ2v) is 9.03. The number of fused-ring (bicyclic) bond motifs is 1. The molecule has 4 rings (SSSR count). The Hall–Kier alpha value is -2.15. The number of amides is 1. The van der Waals surface area contributed by atoms with E-state index in [1.54, 1.807) is 16.2 Å². The topological polar surface area (TPSA) is 57.1 Å². The lowest BCUT2D eigenvalue weighted by molar-refractivity contribution is -0.902. The second kappa shape index (κ2) is 9.11. The van der Waals surface area contributed by atoms with Gasteiger partial charge < -0.3 is 20.1 Å². The van der Waals surface area contributed by atoms with E-state index < -0.39 is 0 Å². The zero-order valence-corrected chi connectivity index (χ0v) is 18.2. The van der Waals surface area contributed by atoms with Crippen LogP contribution in [0.25, 0.3) is 10.9 Å². The number of thiophene rings is 1. The monoisotopic (exact) mass is 412 g/mol. The molecule has 2 atom stereocenters. The number of carbonyl (C=O) groups is 1. The normalized spacial score (nSPS) is 17.5. The van der Waals surface area contributed by atoms with E-state index in [1.165, 1.54) is 21.3 Å². The molecule has 1 aliphatic heterocycles. The number of likely N-dealkylation sites (N-methyl/N-ethyl adjacent to an activating group) is 1. The number of para-hydroxylation sites is 1. The molecule has 0 unspecified atom stereocenters. The van der Waals surface area contributed by atoms with E-state index in [9.17, 15) is 4.79 Å². The summed E-state index contributed by atoms with van der Waals surface area (Å²) in [5, 5.41) is 5.64. The molecule has 3 heterocycles. The number of nitrogens with one attached hydrogen (secondary N) is 2. The number of hydrogen-bond donors (Lipinski definition) is 3. The van der Waals surface area contributed by atoms with E-state index in [0.717, 1.165) is 39.3 Å². The van der Waals surface area contributed by atoms with Crippen LogP contribution in [0.2, 0.25) is 0 Å². The molecule has 5 nitrogen and oxygen atoms in total. The first-order valence-electron chi connectivity index (χ1n) is 10.7. The zero-order chi connectivity index (χ0) is 20.2. The first-order chi connectivity index (χ1) is 14.2. The molecule has 0 radical (unpaired) electrons. The van der Waals surface area contributed by atoms with E-state index >= 15 is 0 Å². The molecule has 1 aromatic carbocycles. The van der Waals surface area contributed by atoms with Crippen molar-refractivity contribution in [2.75, 3.05) is 39.3 Å². The molecule has 1 saturated heterocycles. The molecule has 3 aromatic rings. The fraction of sp³-hybridized carbons (Fsp3) is 0.435. The Kier molecular flexibility index (Phi) is 6.33. The third-order valence-electron chi connectivity index (χ3n) is 6.28. The number of nitrogens with two attached hydrogens (primary N) is 1. The van der Waals surface area contributed by atoms with Gasteiger partial charge in [-0.1, -0.05) is 24.3 Å². The van der Waals surface area contributed by atoms with E-state index in [0.29, 0.717) is 0 Å². The van der Waals surface area contributed by atoms with Crippen molar-refractivity contribution in [3.05, 3.63) is 58.4 Å². The Morgan fingerprint density at radius 1 is 1.24 bits per heavy atom. The number of piperazine rings is 1. The SMILES string of the molecule is CC[NH+]1CCN(C(=O)[C@H](C)[NH2+]C[C@@H](c2cccs2)c2c[nH]c3ccccc23)CC1. The molecule has 154 valence electrons. The number of nitrogens with zero attached hydrogens (tertiary/aromatic N) is 1. The molecule has 0 aliphatic carbocycles. The number of aromatic nitrogens is 1. The van der Waals surface area contributed by atoms with Gasteiger partial charge in [-0.3, -0.25) is 4.79 Å². The molecular formula is C23H32N4OS+2. The summed E-state index contributed by atoms with van der Waals surface area (Å²) < 4.78 is 0. The number of quaternary nitrogens is 2. The zero-order valence-electron chi connectivity index (χ0n) is 17.4. The van der Waals surface area contributed by atoms with Crippen LogP contribution in [-0.4, -0.2) is 61.1 Å². The maximum Gasteiger partial charge on any atom is 0.280 e. The summed E-state index contributed by atoms with van der Waals surface area (Å²) >= 11 is 1.80. The van der Waals surface area contributed by atoms with Gasteiger partial charge in [0.15, 0.2) is 6.04 Å². The maximum absolute atomic E-state index is 13.0. The Bertz CT molecular complexity index is 927. The van der Waals surface area contributed by atoms with Gasteiger partial charge in [0.1, 0.15) is 0 Å². The number of H-pyrrole nitrogens is 1. The number of rotatable bonds is 7. The van der Waals surface area contributed by atoms with Gasteiger partial charge in [-0.15, -0.1) is 11.3 Å². The van der Waals surface area contributed by atoms with E-state index in [-0.39, 0.29) is 17.9 Å². The van der Waals surface area contributed by atoms with Gasteiger partial charge in [0.25, 0.3) is 5.91 Å². The van der Waals surface area contributed by atoms with E-state index in [4.69, 9.17) is 0 Å². The lowest BCUT2D eigenvalue weighted by atomic mass is 9.96. The third kappa shape index (κ3) is 4.39. The number of carbonyl (C=O) groups excluding carboxylic acids is 1. The van der Waals surface area contributed by atoms with Crippen molar-refractivity contribution in [2.45, 2.75) is 25.8 Å². The fourth-order valence-electron chi connectivity index (χ4n) is 4.39. The molecular weight excluding hydrogens is 380 g/mol. The highest BCUT2D eigenvalue weighted by Crippen LogP contribution is 2.32. The van der Waals surface area contributed by atoms with Crippen LogP contribution in [0.15, 0.2) is 48.0 Å².